The maximum absolute atomic E-state index is 14.3. The molecule has 27 heavy (non-hydrogen) atoms. The van der Waals surface area contributed by atoms with Crippen LogP contribution < -0.4 is 4.90 Å². The smallest absolute Gasteiger partial charge is 0.228 e. The quantitative estimate of drug-likeness (QED) is 0.816. The number of pyridine rings is 1. The van der Waals surface area contributed by atoms with E-state index in [1.165, 1.54) is 11.0 Å². The number of aryl methyl sites for hydroxylation is 1. The first-order valence-corrected chi connectivity index (χ1v) is 9.29. The maximum atomic E-state index is 14.3. The van der Waals surface area contributed by atoms with Gasteiger partial charge < -0.3 is 9.80 Å². The van der Waals surface area contributed by atoms with Crippen molar-refractivity contribution in [2.75, 3.05) is 11.4 Å². The van der Waals surface area contributed by atoms with Gasteiger partial charge in [0.2, 0.25) is 11.8 Å². The SMILES string of the molecule is Cc1ccc(N2CC(C(=O)N(Cc3cccnc3)C3CC3)CC2=O)c(F)c1. The van der Waals surface area contributed by atoms with Crippen molar-refractivity contribution in [3.8, 4) is 0 Å². The molecule has 0 spiro atoms. The van der Waals surface area contributed by atoms with Gasteiger partial charge in [-0.15, -0.1) is 0 Å². The molecule has 1 aliphatic carbocycles. The zero-order valence-electron chi connectivity index (χ0n) is 15.3. The monoisotopic (exact) mass is 367 g/mol. The lowest BCUT2D eigenvalue weighted by Crippen LogP contribution is -2.38. The minimum Gasteiger partial charge on any atom is -0.335 e. The van der Waals surface area contributed by atoms with Gasteiger partial charge >= 0.3 is 0 Å². The van der Waals surface area contributed by atoms with Gasteiger partial charge in [0.1, 0.15) is 5.82 Å². The van der Waals surface area contributed by atoms with Crippen LogP contribution in [0.2, 0.25) is 0 Å². The molecule has 0 radical (unpaired) electrons. The van der Waals surface area contributed by atoms with Crippen LogP contribution in [0.1, 0.15) is 30.4 Å². The second-order valence-electron chi connectivity index (χ2n) is 7.42. The Kier molecular flexibility index (Phi) is 4.64. The molecule has 2 amide bonds. The summed E-state index contributed by atoms with van der Waals surface area (Å²) in [5.41, 5.74) is 2.03. The largest absolute Gasteiger partial charge is 0.335 e. The number of nitrogens with zero attached hydrogens (tertiary/aromatic N) is 3. The fourth-order valence-corrected chi connectivity index (χ4v) is 3.63. The van der Waals surface area contributed by atoms with E-state index in [1.807, 2.05) is 17.0 Å². The van der Waals surface area contributed by atoms with Gasteiger partial charge in [0, 0.05) is 37.9 Å². The van der Waals surface area contributed by atoms with Crippen molar-refractivity contribution in [1.29, 1.82) is 0 Å². The van der Waals surface area contributed by atoms with E-state index in [-0.39, 0.29) is 36.5 Å². The maximum Gasteiger partial charge on any atom is 0.228 e. The normalized spacial score (nSPS) is 19.4. The van der Waals surface area contributed by atoms with Gasteiger partial charge in [-0.1, -0.05) is 12.1 Å². The molecule has 1 aromatic carbocycles. The zero-order valence-corrected chi connectivity index (χ0v) is 15.3. The van der Waals surface area contributed by atoms with Crippen LogP contribution in [0.3, 0.4) is 0 Å². The molecule has 5 nitrogen and oxygen atoms in total. The average Bonchev–Trinajstić information content (AvgIpc) is 3.42. The number of halogens is 1. The summed E-state index contributed by atoms with van der Waals surface area (Å²) >= 11 is 0. The molecule has 1 saturated carbocycles. The molecule has 2 aliphatic rings. The number of amides is 2. The number of anilines is 1. The van der Waals surface area contributed by atoms with Crippen molar-refractivity contribution in [2.24, 2.45) is 5.92 Å². The topological polar surface area (TPSA) is 53.5 Å². The highest BCUT2D eigenvalue weighted by atomic mass is 19.1. The van der Waals surface area contributed by atoms with E-state index in [0.29, 0.717) is 6.54 Å². The first-order valence-electron chi connectivity index (χ1n) is 9.29. The lowest BCUT2D eigenvalue weighted by atomic mass is 10.1. The van der Waals surface area contributed by atoms with Gasteiger partial charge in [-0.2, -0.15) is 0 Å². The van der Waals surface area contributed by atoms with E-state index in [4.69, 9.17) is 0 Å². The van der Waals surface area contributed by atoms with Crippen LogP contribution in [0.5, 0.6) is 0 Å². The molecule has 2 fully saturated rings. The fourth-order valence-electron chi connectivity index (χ4n) is 3.63. The molecular weight excluding hydrogens is 345 g/mol. The highest BCUT2D eigenvalue weighted by molar-refractivity contribution is 6.00. The lowest BCUT2D eigenvalue weighted by Gasteiger charge is -2.25. The van der Waals surface area contributed by atoms with Gasteiger partial charge in [-0.3, -0.25) is 14.6 Å². The Morgan fingerprint density at radius 2 is 2.15 bits per heavy atom. The predicted molar refractivity (Wildman–Crippen MR) is 99.4 cm³/mol. The number of hydrogen-bond donors (Lipinski definition) is 0. The summed E-state index contributed by atoms with van der Waals surface area (Å²) in [5.74, 6) is -1.08. The molecule has 1 saturated heterocycles. The van der Waals surface area contributed by atoms with Crippen LogP contribution in [-0.4, -0.2) is 34.3 Å². The molecule has 1 atom stereocenters. The first kappa shape index (κ1) is 17.6. The van der Waals surface area contributed by atoms with Gasteiger partial charge in [0.15, 0.2) is 0 Å². The average molecular weight is 367 g/mol. The van der Waals surface area contributed by atoms with Crippen LogP contribution in [0.15, 0.2) is 42.7 Å². The second-order valence-corrected chi connectivity index (χ2v) is 7.42. The predicted octanol–water partition coefficient (Wildman–Crippen LogP) is 3.07. The molecule has 4 rings (SSSR count). The molecule has 1 aliphatic heterocycles. The number of carbonyl (C=O) groups excluding carboxylic acids is 2. The third-order valence-electron chi connectivity index (χ3n) is 5.21. The Bertz CT molecular complexity index is 867. The summed E-state index contributed by atoms with van der Waals surface area (Å²) in [6.07, 6.45) is 5.57. The van der Waals surface area contributed by atoms with E-state index in [2.05, 4.69) is 4.98 Å². The highest BCUT2D eigenvalue weighted by Crippen LogP contribution is 2.33. The number of hydrogen-bond acceptors (Lipinski definition) is 3. The van der Waals surface area contributed by atoms with Crippen molar-refractivity contribution in [3.05, 3.63) is 59.7 Å². The third kappa shape index (κ3) is 3.70. The first-order chi connectivity index (χ1) is 13.0. The number of carbonyl (C=O) groups is 2. The summed E-state index contributed by atoms with van der Waals surface area (Å²) in [6.45, 7) is 2.53. The van der Waals surface area contributed by atoms with Crippen LogP contribution in [-0.2, 0) is 16.1 Å². The van der Waals surface area contributed by atoms with Crippen LogP contribution >= 0.6 is 0 Å². The number of rotatable bonds is 5. The minimum absolute atomic E-state index is 0.0234. The summed E-state index contributed by atoms with van der Waals surface area (Å²) < 4.78 is 14.3. The Balaban J connectivity index is 1.51. The molecule has 140 valence electrons. The lowest BCUT2D eigenvalue weighted by molar-refractivity contribution is -0.137. The van der Waals surface area contributed by atoms with Crippen LogP contribution in [0, 0.1) is 18.7 Å². The van der Waals surface area contributed by atoms with Crippen LogP contribution in [0.4, 0.5) is 10.1 Å². The molecule has 2 heterocycles. The summed E-state index contributed by atoms with van der Waals surface area (Å²) in [4.78, 5) is 33.0. The zero-order chi connectivity index (χ0) is 19.0. The molecule has 0 N–H and O–H groups in total. The van der Waals surface area contributed by atoms with Gasteiger partial charge in [0.05, 0.1) is 11.6 Å². The van der Waals surface area contributed by atoms with Crippen LogP contribution in [0.25, 0.3) is 0 Å². The molecule has 1 unspecified atom stereocenters. The Morgan fingerprint density at radius 3 is 2.81 bits per heavy atom. The summed E-state index contributed by atoms with van der Waals surface area (Å²) in [7, 11) is 0. The summed E-state index contributed by atoms with van der Waals surface area (Å²) in [6, 6.07) is 8.84. The van der Waals surface area contributed by atoms with Crippen molar-refractivity contribution in [2.45, 2.75) is 38.8 Å². The molecule has 1 aromatic heterocycles. The van der Waals surface area contributed by atoms with Crippen molar-refractivity contribution >= 4 is 17.5 Å². The minimum atomic E-state index is -0.435. The molecule has 6 heteroatoms. The summed E-state index contributed by atoms with van der Waals surface area (Å²) in [5, 5.41) is 0. The Hall–Kier alpha value is -2.76. The second kappa shape index (κ2) is 7.10. The van der Waals surface area contributed by atoms with Crippen molar-refractivity contribution in [3.63, 3.8) is 0 Å². The number of aromatic nitrogens is 1. The van der Waals surface area contributed by atoms with E-state index in [0.717, 1.165) is 24.0 Å². The van der Waals surface area contributed by atoms with E-state index in [9.17, 15) is 14.0 Å². The van der Waals surface area contributed by atoms with Gasteiger partial charge in [0.25, 0.3) is 0 Å². The van der Waals surface area contributed by atoms with Gasteiger partial charge in [-0.25, -0.2) is 4.39 Å². The van der Waals surface area contributed by atoms with E-state index >= 15 is 0 Å². The molecule has 0 bridgehead atoms. The Morgan fingerprint density at radius 1 is 1.33 bits per heavy atom. The molecule has 2 aromatic rings. The third-order valence-corrected chi connectivity index (χ3v) is 5.21. The highest BCUT2D eigenvalue weighted by Gasteiger charge is 2.41. The van der Waals surface area contributed by atoms with Crippen molar-refractivity contribution in [1.82, 2.24) is 9.88 Å². The van der Waals surface area contributed by atoms with Gasteiger partial charge in [-0.05, 0) is 49.1 Å². The van der Waals surface area contributed by atoms with E-state index in [1.54, 1.807) is 31.5 Å². The van der Waals surface area contributed by atoms with Crippen molar-refractivity contribution < 1.29 is 14.0 Å². The standard InChI is InChI=1S/C21H22FN3O2/c1-14-4-7-19(18(22)9-14)25-13-16(10-20(25)26)21(27)24(17-5-6-17)12-15-3-2-8-23-11-15/h2-4,7-9,11,16-17H,5-6,10,12-13H2,1H3. The molecular formula is C21H22FN3O2. The Labute approximate surface area is 157 Å². The number of benzene rings is 1. The van der Waals surface area contributed by atoms with E-state index < -0.39 is 11.7 Å². The fraction of sp³-hybridized carbons (Fsp3) is 0.381.